The van der Waals surface area contributed by atoms with Crippen LogP contribution in [0.4, 0.5) is 0 Å². The van der Waals surface area contributed by atoms with Crippen LogP contribution < -0.4 is 0 Å². The van der Waals surface area contributed by atoms with Crippen molar-refractivity contribution in [1.29, 1.82) is 0 Å². The number of esters is 1. The molecule has 1 aliphatic heterocycles. The fourth-order valence-corrected chi connectivity index (χ4v) is 1.58. The van der Waals surface area contributed by atoms with Gasteiger partial charge in [0.15, 0.2) is 5.71 Å². The zero-order valence-electron chi connectivity index (χ0n) is 10.2. The second kappa shape index (κ2) is 6.16. The molecule has 5 heteroatoms. The van der Waals surface area contributed by atoms with E-state index in [4.69, 9.17) is 14.3 Å². The fourth-order valence-electron chi connectivity index (χ4n) is 1.58. The van der Waals surface area contributed by atoms with Crippen molar-refractivity contribution >= 4 is 11.7 Å². The van der Waals surface area contributed by atoms with E-state index in [-0.39, 0.29) is 12.3 Å². The minimum atomic E-state index is -0.479. The average molecular weight is 249 g/mol. The number of hydrogen-bond donors (Lipinski definition) is 0. The van der Waals surface area contributed by atoms with Crippen LogP contribution in [-0.4, -0.2) is 31.0 Å². The number of ether oxygens (including phenoxy) is 2. The van der Waals surface area contributed by atoms with Gasteiger partial charge in [-0.3, -0.25) is 0 Å². The summed E-state index contributed by atoms with van der Waals surface area (Å²) >= 11 is 0. The molecule has 1 heterocycles. The molecule has 1 aliphatic rings. The van der Waals surface area contributed by atoms with Crippen LogP contribution in [0.5, 0.6) is 0 Å². The van der Waals surface area contributed by atoms with Crippen LogP contribution in [0.3, 0.4) is 0 Å². The topological polar surface area (TPSA) is 57.1 Å². The summed E-state index contributed by atoms with van der Waals surface area (Å²) in [6.45, 7) is 2.71. The van der Waals surface area contributed by atoms with Crippen LogP contribution >= 0.6 is 0 Å². The molecule has 1 atom stereocenters. The smallest absolute Gasteiger partial charge is 0.359 e. The van der Waals surface area contributed by atoms with Crippen molar-refractivity contribution in [3.8, 4) is 0 Å². The lowest BCUT2D eigenvalue weighted by molar-refractivity contribution is -0.135. The minimum absolute atomic E-state index is 0.202. The Morgan fingerprint density at radius 3 is 2.94 bits per heavy atom. The zero-order valence-corrected chi connectivity index (χ0v) is 10.2. The molecular formula is C13H15NO4. The van der Waals surface area contributed by atoms with Crippen molar-refractivity contribution in [2.45, 2.75) is 19.6 Å². The Labute approximate surface area is 105 Å². The highest BCUT2D eigenvalue weighted by Gasteiger charge is 2.31. The van der Waals surface area contributed by atoms with Crippen molar-refractivity contribution in [3.63, 3.8) is 0 Å². The lowest BCUT2D eigenvalue weighted by Crippen LogP contribution is -2.31. The Morgan fingerprint density at radius 2 is 2.22 bits per heavy atom. The van der Waals surface area contributed by atoms with E-state index in [9.17, 15) is 4.79 Å². The number of benzene rings is 1. The Balaban J connectivity index is 1.90. The third-order valence-corrected chi connectivity index (χ3v) is 2.47. The molecule has 2 rings (SSSR count). The quantitative estimate of drug-likeness (QED) is 0.742. The normalized spacial score (nSPS) is 18.1. The molecule has 0 saturated heterocycles. The molecule has 0 N–H and O–H groups in total. The maximum Gasteiger partial charge on any atom is 0.359 e. The Kier molecular flexibility index (Phi) is 4.30. The maximum atomic E-state index is 11.6. The molecule has 1 aromatic rings. The first-order chi connectivity index (χ1) is 8.81. The van der Waals surface area contributed by atoms with E-state index in [1.807, 2.05) is 30.3 Å². The molecule has 0 aromatic heterocycles. The number of carbonyl (C=O) groups excluding carboxylic acids is 1. The largest absolute Gasteiger partial charge is 0.461 e. The highest BCUT2D eigenvalue weighted by Crippen LogP contribution is 2.11. The van der Waals surface area contributed by atoms with Crippen LogP contribution in [0, 0.1) is 0 Å². The van der Waals surface area contributed by atoms with Gasteiger partial charge in [0.05, 0.1) is 13.2 Å². The monoisotopic (exact) mass is 249 g/mol. The Hall–Kier alpha value is -1.88. The number of nitrogens with zero attached hydrogens (tertiary/aromatic N) is 1. The van der Waals surface area contributed by atoms with Crippen LogP contribution in [-0.2, 0) is 25.7 Å². The van der Waals surface area contributed by atoms with E-state index in [1.165, 1.54) is 0 Å². The van der Waals surface area contributed by atoms with Gasteiger partial charge in [0, 0.05) is 0 Å². The van der Waals surface area contributed by atoms with Gasteiger partial charge in [-0.2, -0.15) is 0 Å². The van der Waals surface area contributed by atoms with E-state index < -0.39 is 12.1 Å². The van der Waals surface area contributed by atoms with Gasteiger partial charge < -0.3 is 14.3 Å². The highest BCUT2D eigenvalue weighted by atomic mass is 16.7. The molecule has 0 spiro atoms. The first-order valence-corrected chi connectivity index (χ1v) is 5.83. The Morgan fingerprint density at radius 1 is 1.44 bits per heavy atom. The molecule has 18 heavy (non-hydrogen) atoms. The summed E-state index contributed by atoms with van der Waals surface area (Å²) in [6, 6.07) is 9.72. The minimum Gasteiger partial charge on any atom is -0.461 e. The van der Waals surface area contributed by atoms with Gasteiger partial charge in [0.2, 0.25) is 0 Å². The first-order valence-electron chi connectivity index (χ1n) is 5.83. The molecule has 5 nitrogen and oxygen atoms in total. The third kappa shape index (κ3) is 3.07. The van der Waals surface area contributed by atoms with E-state index in [2.05, 4.69) is 5.16 Å². The number of oxime groups is 1. The molecule has 0 radical (unpaired) electrons. The van der Waals surface area contributed by atoms with E-state index >= 15 is 0 Å². The predicted octanol–water partition coefficient (Wildman–Crippen LogP) is 1.52. The SMILES string of the molecule is CCOC(=O)C1=NOCC1OCc1ccccc1. The molecule has 96 valence electrons. The standard InChI is InChI=1S/C13H15NO4/c1-2-16-13(15)12-11(9-18-14-12)17-8-10-6-4-3-5-7-10/h3-7,11H,2,8-9H2,1H3. The number of hydrogen-bond acceptors (Lipinski definition) is 5. The molecule has 0 bridgehead atoms. The molecule has 0 aliphatic carbocycles. The summed E-state index contributed by atoms with van der Waals surface area (Å²) in [4.78, 5) is 16.4. The second-order valence-corrected chi connectivity index (χ2v) is 3.78. The lowest BCUT2D eigenvalue weighted by Gasteiger charge is -2.11. The molecular weight excluding hydrogens is 234 g/mol. The lowest BCUT2D eigenvalue weighted by atomic mass is 10.2. The van der Waals surface area contributed by atoms with Gasteiger partial charge in [-0.05, 0) is 12.5 Å². The molecule has 0 fully saturated rings. The molecule has 1 aromatic carbocycles. The summed E-state index contributed by atoms with van der Waals surface area (Å²) in [6.07, 6.45) is -0.454. The van der Waals surface area contributed by atoms with Crippen molar-refractivity contribution in [2.24, 2.45) is 5.16 Å². The summed E-state index contributed by atoms with van der Waals surface area (Å²) in [5.41, 5.74) is 1.24. The Bertz CT molecular complexity index is 430. The van der Waals surface area contributed by atoms with E-state index in [0.717, 1.165) is 5.56 Å². The van der Waals surface area contributed by atoms with Gasteiger partial charge >= 0.3 is 5.97 Å². The van der Waals surface area contributed by atoms with E-state index in [0.29, 0.717) is 13.2 Å². The number of rotatable bonds is 5. The van der Waals surface area contributed by atoms with Gasteiger partial charge in [0.1, 0.15) is 12.7 Å². The second-order valence-electron chi connectivity index (χ2n) is 3.78. The average Bonchev–Trinajstić information content (AvgIpc) is 2.86. The maximum absolute atomic E-state index is 11.6. The highest BCUT2D eigenvalue weighted by molar-refractivity contribution is 6.38. The van der Waals surface area contributed by atoms with Crippen molar-refractivity contribution < 1.29 is 19.1 Å². The molecule has 0 saturated carbocycles. The first kappa shape index (κ1) is 12.6. The fraction of sp³-hybridized carbons (Fsp3) is 0.385. The van der Waals surface area contributed by atoms with E-state index in [1.54, 1.807) is 6.92 Å². The third-order valence-electron chi connectivity index (χ3n) is 2.47. The zero-order chi connectivity index (χ0) is 12.8. The summed E-state index contributed by atoms with van der Waals surface area (Å²) in [5, 5.41) is 3.67. The summed E-state index contributed by atoms with van der Waals surface area (Å²) < 4.78 is 10.5. The van der Waals surface area contributed by atoms with Crippen LogP contribution in [0.1, 0.15) is 12.5 Å². The van der Waals surface area contributed by atoms with Crippen LogP contribution in [0.2, 0.25) is 0 Å². The van der Waals surface area contributed by atoms with Crippen LogP contribution in [0.25, 0.3) is 0 Å². The molecule has 1 unspecified atom stereocenters. The van der Waals surface area contributed by atoms with Gasteiger partial charge in [-0.25, -0.2) is 4.79 Å². The molecule has 0 amide bonds. The van der Waals surface area contributed by atoms with Gasteiger partial charge in [-0.15, -0.1) is 0 Å². The number of carbonyl (C=O) groups is 1. The summed E-state index contributed by atoms with van der Waals surface area (Å²) in [7, 11) is 0. The predicted molar refractivity (Wildman–Crippen MR) is 65.0 cm³/mol. The van der Waals surface area contributed by atoms with Crippen molar-refractivity contribution in [2.75, 3.05) is 13.2 Å². The summed E-state index contributed by atoms with van der Waals surface area (Å²) in [5.74, 6) is -0.479. The van der Waals surface area contributed by atoms with Gasteiger partial charge in [-0.1, -0.05) is 35.5 Å². The van der Waals surface area contributed by atoms with Gasteiger partial charge in [0.25, 0.3) is 0 Å². The van der Waals surface area contributed by atoms with Crippen molar-refractivity contribution in [3.05, 3.63) is 35.9 Å². The van der Waals surface area contributed by atoms with Crippen LogP contribution in [0.15, 0.2) is 35.5 Å². The van der Waals surface area contributed by atoms with Crippen molar-refractivity contribution in [1.82, 2.24) is 0 Å².